The molecule has 6 rings (SSSR count). The Morgan fingerprint density at radius 1 is 1.11 bits per heavy atom. The highest BCUT2D eigenvalue weighted by atomic mass is 35.5. The number of anilines is 1. The van der Waals surface area contributed by atoms with Gasteiger partial charge in [-0.3, -0.25) is 9.36 Å². The Hall–Kier alpha value is -2.98. The number of hydrogen-bond acceptors (Lipinski definition) is 8. The molecule has 2 atom stereocenters. The minimum atomic E-state index is -0.169. The van der Waals surface area contributed by atoms with Crippen LogP contribution in [0.25, 0.3) is 10.9 Å². The Kier molecular flexibility index (Phi) is 6.86. The molecule has 38 heavy (non-hydrogen) atoms. The summed E-state index contributed by atoms with van der Waals surface area (Å²) in [4.78, 5) is 30.1. The van der Waals surface area contributed by atoms with Gasteiger partial charge in [-0.2, -0.15) is 0 Å². The maximum absolute atomic E-state index is 13.3. The van der Waals surface area contributed by atoms with Crippen LogP contribution >= 0.6 is 23.4 Å². The van der Waals surface area contributed by atoms with Crippen molar-refractivity contribution in [1.29, 1.82) is 0 Å². The van der Waals surface area contributed by atoms with Gasteiger partial charge in [0.15, 0.2) is 0 Å². The summed E-state index contributed by atoms with van der Waals surface area (Å²) in [6.07, 6.45) is 7.22. The van der Waals surface area contributed by atoms with Gasteiger partial charge < -0.3 is 15.4 Å². The van der Waals surface area contributed by atoms with E-state index in [1.54, 1.807) is 23.3 Å². The first kappa shape index (κ1) is 25.3. The standard InChI is InChI=1S/C28H29ClN6O2S/c1-18-26(30)28(16-37-18)9-11-34(12-10-28)22-13-32-23(14-31-22)38-21-8-7-20-24(25(21)29)27(36)35(17-33-20)15-19-5-3-2-4-6-19/h2-8,13-14,17-18,26H,9-12,15-16,30H2,1H3/t18-,26+/m0/s1. The van der Waals surface area contributed by atoms with Crippen molar-refractivity contribution in [1.82, 2.24) is 19.5 Å². The summed E-state index contributed by atoms with van der Waals surface area (Å²) >= 11 is 8.14. The zero-order valence-corrected chi connectivity index (χ0v) is 22.7. The highest BCUT2D eigenvalue weighted by molar-refractivity contribution is 7.99. The molecule has 0 unspecified atom stereocenters. The molecule has 196 valence electrons. The van der Waals surface area contributed by atoms with Crippen molar-refractivity contribution >= 4 is 40.1 Å². The lowest BCUT2D eigenvalue weighted by Gasteiger charge is -2.41. The van der Waals surface area contributed by atoms with Crippen LogP contribution in [-0.2, 0) is 11.3 Å². The van der Waals surface area contributed by atoms with E-state index < -0.39 is 0 Å². The number of benzene rings is 2. The van der Waals surface area contributed by atoms with Crippen LogP contribution in [-0.4, -0.2) is 51.4 Å². The van der Waals surface area contributed by atoms with Crippen molar-refractivity contribution in [3.63, 3.8) is 0 Å². The van der Waals surface area contributed by atoms with E-state index in [0.29, 0.717) is 27.5 Å². The predicted octanol–water partition coefficient (Wildman–Crippen LogP) is 4.37. The van der Waals surface area contributed by atoms with Crippen LogP contribution in [0.4, 0.5) is 5.82 Å². The van der Waals surface area contributed by atoms with E-state index in [9.17, 15) is 4.79 Å². The van der Waals surface area contributed by atoms with Gasteiger partial charge in [-0.25, -0.2) is 15.0 Å². The fourth-order valence-electron chi connectivity index (χ4n) is 5.45. The van der Waals surface area contributed by atoms with Crippen molar-refractivity contribution < 1.29 is 4.74 Å². The fraction of sp³-hybridized carbons (Fsp3) is 0.357. The minimum absolute atomic E-state index is 0.0699. The second-order valence-electron chi connectivity index (χ2n) is 10.1. The number of nitrogens with two attached hydrogens (primary N) is 1. The van der Waals surface area contributed by atoms with E-state index in [4.69, 9.17) is 22.1 Å². The highest BCUT2D eigenvalue weighted by Crippen LogP contribution is 2.42. The molecule has 2 aliphatic heterocycles. The first-order chi connectivity index (χ1) is 18.4. The second-order valence-corrected chi connectivity index (χ2v) is 11.6. The second kappa shape index (κ2) is 10.3. The van der Waals surface area contributed by atoms with Crippen LogP contribution in [0.5, 0.6) is 0 Å². The Morgan fingerprint density at radius 2 is 1.89 bits per heavy atom. The maximum Gasteiger partial charge on any atom is 0.263 e. The first-order valence-electron chi connectivity index (χ1n) is 12.8. The predicted molar refractivity (Wildman–Crippen MR) is 150 cm³/mol. The largest absolute Gasteiger partial charge is 0.376 e. The number of halogens is 1. The van der Waals surface area contributed by atoms with E-state index in [1.165, 1.54) is 11.8 Å². The van der Waals surface area contributed by atoms with Crippen molar-refractivity contribution in [3.05, 3.63) is 82.1 Å². The third kappa shape index (κ3) is 4.68. The quantitative estimate of drug-likeness (QED) is 0.392. The Morgan fingerprint density at radius 3 is 2.58 bits per heavy atom. The monoisotopic (exact) mass is 548 g/mol. The lowest BCUT2D eigenvalue weighted by Crippen LogP contribution is -2.50. The van der Waals surface area contributed by atoms with Gasteiger partial charge in [0.2, 0.25) is 0 Å². The van der Waals surface area contributed by atoms with E-state index in [2.05, 4.69) is 26.8 Å². The van der Waals surface area contributed by atoms with Crippen LogP contribution in [0.3, 0.4) is 0 Å². The number of fused-ring (bicyclic) bond motifs is 1. The smallest absolute Gasteiger partial charge is 0.263 e. The Bertz CT molecular complexity index is 1510. The van der Waals surface area contributed by atoms with Crippen molar-refractivity contribution in [2.24, 2.45) is 11.1 Å². The zero-order chi connectivity index (χ0) is 26.3. The van der Waals surface area contributed by atoms with Crippen LogP contribution in [0.15, 0.2) is 75.9 Å². The molecule has 2 aliphatic rings. The number of hydrogen-bond donors (Lipinski definition) is 1. The van der Waals surface area contributed by atoms with Gasteiger partial charge >= 0.3 is 0 Å². The van der Waals surface area contributed by atoms with Crippen LogP contribution in [0, 0.1) is 5.41 Å². The molecular formula is C28H29ClN6O2S. The number of rotatable bonds is 5. The molecule has 2 aromatic carbocycles. The zero-order valence-electron chi connectivity index (χ0n) is 21.1. The van der Waals surface area contributed by atoms with Crippen LogP contribution < -0.4 is 16.2 Å². The molecular weight excluding hydrogens is 520 g/mol. The number of ether oxygens (including phenoxy) is 1. The summed E-state index contributed by atoms with van der Waals surface area (Å²) in [7, 11) is 0. The molecule has 0 aliphatic carbocycles. The van der Waals surface area contributed by atoms with E-state index in [0.717, 1.165) is 48.8 Å². The van der Waals surface area contributed by atoms with E-state index in [1.807, 2.05) is 42.5 Å². The molecule has 1 spiro atoms. The summed E-state index contributed by atoms with van der Waals surface area (Å²) in [6.45, 7) is 4.99. The number of piperidine rings is 1. The number of nitrogens with zero attached hydrogens (tertiary/aromatic N) is 5. The fourth-order valence-corrected chi connectivity index (χ4v) is 6.57. The molecule has 0 saturated carbocycles. The summed E-state index contributed by atoms with van der Waals surface area (Å²) in [5.74, 6) is 0.849. The molecule has 10 heteroatoms. The van der Waals surface area contributed by atoms with Gasteiger partial charge in [0.1, 0.15) is 10.8 Å². The summed E-state index contributed by atoms with van der Waals surface area (Å²) < 4.78 is 7.42. The summed E-state index contributed by atoms with van der Waals surface area (Å²) in [5.41, 5.74) is 7.94. The van der Waals surface area contributed by atoms with E-state index >= 15 is 0 Å². The van der Waals surface area contributed by atoms with E-state index in [-0.39, 0.29) is 23.1 Å². The average molecular weight is 549 g/mol. The van der Waals surface area contributed by atoms with Gasteiger partial charge in [-0.05, 0) is 37.5 Å². The molecule has 8 nitrogen and oxygen atoms in total. The summed E-state index contributed by atoms with van der Waals surface area (Å²) in [5, 5.41) is 1.49. The Labute approximate surface area is 230 Å². The molecule has 4 aromatic rings. The molecule has 2 fully saturated rings. The normalized spacial score (nSPS) is 20.9. The first-order valence-corrected chi connectivity index (χ1v) is 14.0. The van der Waals surface area contributed by atoms with Crippen LogP contribution in [0.1, 0.15) is 25.3 Å². The maximum atomic E-state index is 13.3. The molecule has 0 amide bonds. The lowest BCUT2D eigenvalue weighted by molar-refractivity contribution is 0.0974. The molecule has 0 bridgehead atoms. The third-order valence-corrected chi connectivity index (χ3v) is 9.33. The molecule has 2 saturated heterocycles. The van der Waals surface area contributed by atoms with Gasteiger partial charge in [0, 0.05) is 29.4 Å². The Balaban J connectivity index is 1.18. The highest BCUT2D eigenvalue weighted by Gasteiger charge is 2.47. The van der Waals surface area contributed by atoms with Crippen molar-refractivity contribution in [3.8, 4) is 0 Å². The SMILES string of the molecule is C[C@@H]1OCC2(CCN(c3cnc(Sc4ccc5ncn(Cc6ccccc6)c(=O)c5c4Cl)cn3)CC2)[C@@H]1N. The third-order valence-electron chi connectivity index (χ3n) is 7.85. The van der Waals surface area contributed by atoms with Crippen molar-refractivity contribution in [2.45, 2.75) is 48.4 Å². The summed E-state index contributed by atoms with van der Waals surface area (Å²) in [6, 6.07) is 13.6. The molecule has 4 heterocycles. The average Bonchev–Trinajstić information content (AvgIpc) is 3.21. The molecule has 2 N–H and O–H groups in total. The van der Waals surface area contributed by atoms with Gasteiger partial charge in [0.05, 0.1) is 53.9 Å². The van der Waals surface area contributed by atoms with Gasteiger partial charge in [-0.1, -0.05) is 53.7 Å². The van der Waals surface area contributed by atoms with Gasteiger partial charge in [-0.15, -0.1) is 0 Å². The molecule has 0 radical (unpaired) electrons. The van der Waals surface area contributed by atoms with Crippen molar-refractivity contribution in [2.75, 3.05) is 24.6 Å². The lowest BCUT2D eigenvalue weighted by atomic mass is 9.73. The molecule has 2 aromatic heterocycles. The minimum Gasteiger partial charge on any atom is -0.376 e. The van der Waals surface area contributed by atoms with Gasteiger partial charge in [0.25, 0.3) is 5.56 Å². The number of aromatic nitrogens is 4. The van der Waals surface area contributed by atoms with Crippen LogP contribution in [0.2, 0.25) is 5.02 Å². The topological polar surface area (TPSA) is 99.2 Å².